The van der Waals surface area contributed by atoms with Crippen LogP contribution in [0.1, 0.15) is 18.9 Å². The topological polar surface area (TPSA) is 64.2 Å². The normalized spacial score (nSPS) is 14.4. The molecule has 1 aromatic rings. The van der Waals surface area contributed by atoms with Crippen LogP contribution in [0.15, 0.2) is 24.3 Å². The Labute approximate surface area is 83.2 Å². The van der Waals surface area contributed by atoms with Crippen LogP contribution in [-0.4, -0.2) is 15.8 Å². The van der Waals surface area contributed by atoms with Crippen molar-refractivity contribution in [3.63, 3.8) is 0 Å². The van der Waals surface area contributed by atoms with Crippen molar-refractivity contribution in [2.75, 3.05) is 0 Å². The molecule has 0 aliphatic carbocycles. The fourth-order valence-electron chi connectivity index (χ4n) is 1.11. The number of nitrogens with zero attached hydrogens (tertiary/aromatic N) is 1. The van der Waals surface area contributed by atoms with Crippen LogP contribution >= 0.6 is 0 Å². The summed E-state index contributed by atoms with van der Waals surface area (Å²) in [5.41, 5.74) is -0.268. The molecule has 0 aromatic heterocycles. The van der Waals surface area contributed by atoms with Crippen molar-refractivity contribution in [1.82, 2.24) is 0 Å². The lowest BCUT2D eigenvalue weighted by Crippen LogP contribution is -2.21. The van der Waals surface area contributed by atoms with Crippen LogP contribution < -0.4 is 0 Å². The molecule has 0 unspecified atom stereocenters. The molecule has 0 spiro atoms. The summed E-state index contributed by atoms with van der Waals surface area (Å²) in [4.78, 5) is 0. The second kappa shape index (κ2) is 4.12. The number of aliphatic hydroxyl groups is 1. The summed E-state index contributed by atoms with van der Waals surface area (Å²) in [5.74, 6) is 0.223. The molecule has 74 valence electrons. The minimum absolute atomic E-state index is 0.223. The Bertz CT molecular complexity index is 335. The number of benzene rings is 1. The van der Waals surface area contributed by atoms with Gasteiger partial charge in [0.2, 0.25) is 0 Å². The highest BCUT2D eigenvalue weighted by atomic mass is 16.3. The summed E-state index contributed by atoms with van der Waals surface area (Å²) in [6, 6.07) is 8.58. The maximum atomic E-state index is 9.43. The van der Waals surface area contributed by atoms with Gasteiger partial charge in [-0.25, -0.2) is 0 Å². The number of rotatable bonds is 3. The van der Waals surface area contributed by atoms with Gasteiger partial charge in [-0.2, -0.15) is 5.26 Å². The first-order chi connectivity index (χ1) is 6.53. The zero-order chi connectivity index (χ0) is 10.6. The lowest BCUT2D eigenvalue weighted by atomic mass is 9.98. The number of phenols is 1. The van der Waals surface area contributed by atoms with Crippen molar-refractivity contribution in [3.05, 3.63) is 29.8 Å². The molecule has 0 amide bonds. The van der Waals surface area contributed by atoms with Gasteiger partial charge in [0.1, 0.15) is 11.4 Å². The molecule has 2 N–H and O–H groups in total. The number of aromatic hydroxyl groups is 1. The highest BCUT2D eigenvalue weighted by molar-refractivity contribution is 5.26. The summed E-state index contributed by atoms with van der Waals surface area (Å²) < 4.78 is 0. The van der Waals surface area contributed by atoms with Gasteiger partial charge in [0.05, 0.1) is 6.07 Å². The number of aryl methyl sites for hydroxylation is 1. The molecule has 3 nitrogen and oxygen atoms in total. The molecule has 0 fully saturated rings. The third-order valence-corrected chi connectivity index (χ3v) is 2.08. The highest BCUT2D eigenvalue weighted by Gasteiger charge is 2.18. The van der Waals surface area contributed by atoms with E-state index >= 15 is 0 Å². The van der Waals surface area contributed by atoms with E-state index in [0.717, 1.165) is 5.56 Å². The van der Waals surface area contributed by atoms with E-state index in [0.29, 0.717) is 12.8 Å². The number of hydrogen-bond acceptors (Lipinski definition) is 3. The van der Waals surface area contributed by atoms with E-state index in [-0.39, 0.29) is 5.75 Å². The molecular weight excluding hydrogens is 178 g/mol. The van der Waals surface area contributed by atoms with E-state index in [9.17, 15) is 5.11 Å². The average Bonchev–Trinajstić information content (AvgIpc) is 2.17. The van der Waals surface area contributed by atoms with Crippen molar-refractivity contribution in [2.24, 2.45) is 0 Å². The predicted octanol–water partition coefficient (Wildman–Crippen LogP) is 1.60. The van der Waals surface area contributed by atoms with Crippen molar-refractivity contribution < 1.29 is 10.2 Å². The molecule has 3 heteroatoms. The molecule has 1 aromatic carbocycles. The molecular formula is C11H13NO2. The number of phenolic OH excluding ortho intramolecular Hbond substituents is 1. The lowest BCUT2D eigenvalue weighted by Gasteiger charge is -2.13. The maximum absolute atomic E-state index is 9.43. The minimum atomic E-state index is -1.27. The average molecular weight is 191 g/mol. The molecule has 1 rings (SSSR count). The molecule has 0 saturated heterocycles. The molecule has 0 aliphatic heterocycles. The van der Waals surface area contributed by atoms with Crippen LogP contribution in [0.5, 0.6) is 5.75 Å². The summed E-state index contributed by atoms with van der Waals surface area (Å²) in [6.45, 7) is 1.49. The summed E-state index contributed by atoms with van der Waals surface area (Å²) in [5, 5.41) is 27.0. The second-order valence-electron chi connectivity index (χ2n) is 3.55. The van der Waals surface area contributed by atoms with Crippen LogP contribution in [0.4, 0.5) is 0 Å². The largest absolute Gasteiger partial charge is 0.508 e. The second-order valence-corrected chi connectivity index (χ2v) is 3.55. The zero-order valence-corrected chi connectivity index (χ0v) is 8.07. The highest BCUT2D eigenvalue weighted by Crippen LogP contribution is 2.15. The number of nitriles is 1. The molecule has 0 radical (unpaired) electrons. The maximum Gasteiger partial charge on any atom is 0.148 e. The van der Waals surface area contributed by atoms with Crippen LogP contribution in [0.2, 0.25) is 0 Å². The van der Waals surface area contributed by atoms with Crippen molar-refractivity contribution in [2.45, 2.75) is 25.4 Å². The van der Waals surface area contributed by atoms with Gasteiger partial charge >= 0.3 is 0 Å². The van der Waals surface area contributed by atoms with E-state index in [1.807, 2.05) is 6.07 Å². The Hall–Kier alpha value is -1.53. The van der Waals surface area contributed by atoms with Crippen molar-refractivity contribution in [3.8, 4) is 11.8 Å². The van der Waals surface area contributed by atoms with Gasteiger partial charge in [0.15, 0.2) is 0 Å². The standard InChI is InChI=1S/C11H13NO2/c1-11(14,8-12)7-6-9-2-4-10(13)5-3-9/h2-5,13-14H,6-7H2,1H3/t11-/m0/s1. The molecule has 0 saturated carbocycles. The third-order valence-electron chi connectivity index (χ3n) is 2.08. The fourth-order valence-corrected chi connectivity index (χ4v) is 1.11. The van der Waals surface area contributed by atoms with Crippen molar-refractivity contribution in [1.29, 1.82) is 5.26 Å². The first-order valence-electron chi connectivity index (χ1n) is 4.45. The summed E-state index contributed by atoms with van der Waals surface area (Å²) >= 11 is 0. The van der Waals surface area contributed by atoms with E-state index < -0.39 is 5.60 Å². The van der Waals surface area contributed by atoms with Crippen LogP contribution in [-0.2, 0) is 6.42 Å². The van der Waals surface area contributed by atoms with Gasteiger partial charge in [0, 0.05) is 0 Å². The summed E-state index contributed by atoms with van der Waals surface area (Å²) in [7, 11) is 0. The SMILES string of the molecule is C[C@@](O)(C#N)CCc1ccc(O)cc1. The Morgan fingerprint density at radius 3 is 2.43 bits per heavy atom. The van der Waals surface area contributed by atoms with E-state index in [4.69, 9.17) is 10.4 Å². The Morgan fingerprint density at radius 2 is 1.93 bits per heavy atom. The third kappa shape index (κ3) is 3.08. The predicted molar refractivity (Wildman–Crippen MR) is 52.7 cm³/mol. The van der Waals surface area contributed by atoms with Gasteiger partial charge in [-0.1, -0.05) is 12.1 Å². The van der Waals surface area contributed by atoms with Crippen molar-refractivity contribution >= 4 is 0 Å². The fraction of sp³-hybridized carbons (Fsp3) is 0.364. The molecule has 0 bridgehead atoms. The molecule has 0 heterocycles. The van der Waals surface area contributed by atoms with Crippen LogP contribution in [0.3, 0.4) is 0 Å². The molecule has 14 heavy (non-hydrogen) atoms. The van der Waals surface area contributed by atoms with Gasteiger partial charge in [-0.3, -0.25) is 0 Å². The minimum Gasteiger partial charge on any atom is -0.508 e. The van der Waals surface area contributed by atoms with E-state index in [1.54, 1.807) is 24.3 Å². The Kier molecular flexibility index (Phi) is 3.10. The quantitative estimate of drug-likeness (QED) is 0.713. The first-order valence-corrected chi connectivity index (χ1v) is 4.45. The van der Waals surface area contributed by atoms with Gasteiger partial charge in [-0.15, -0.1) is 0 Å². The Morgan fingerprint density at radius 1 is 1.36 bits per heavy atom. The monoisotopic (exact) mass is 191 g/mol. The van der Waals surface area contributed by atoms with Gasteiger partial charge in [-0.05, 0) is 37.5 Å². The zero-order valence-electron chi connectivity index (χ0n) is 8.07. The molecule has 0 aliphatic rings. The smallest absolute Gasteiger partial charge is 0.148 e. The van der Waals surface area contributed by atoms with Gasteiger partial charge in [0.25, 0.3) is 0 Å². The van der Waals surface area contributed by atoms with Crippen LogP contribution in [0, 0.1) is 11.3 Å². The summed E-state index contributed by atoms with van der Waals surface area (Å²) in [6.07, 6.45) is 1.02. The van der Waals surface area contributed by atoms with E-state index in [1.165, 1.54) is 6.92 Å². The van der Waals surface area contributed by atoms with Gasteiger partial charge < -0.3 is 10.2 Å². The van der Waals surface area contributed by atoms with E-state index in [2.05, 4.69) is 0 Å². The number of hydrogen-bond donors (Lipinski definition) is 2. The Balaban J connectivity index is 2.55. The lowest BCUT2D eigenvalue weighted by molar-refractivity contribution is 0.110. The first kappa shape index (κ1) is 10.6. The van der Waals surface area contributed by atoms with Crippen LogP contribution in [0.25, 0.3) is 0 Å². The molecule has 1 atom stereocenters.